The maximum Gasteiger partial charge on any atom is 0.418 e. The van der Waals surface area contributed by atoms with Gasteiger partial charge in [-0.2, -0.15) is 18.6 Å². The first kappa shape index (κ1) is 20.5. The highest BCUT2D eigenvalue weighted by Crippen LogP contribution is 2.30. The molecular weight excluding hydrogens is 422 g/mol. The number of aromatic nitrogens is 2. The lowest BCUT2D eigenvalue weighted by Gasteiger charge is -2.29. The molecule has 0 spiro atoms. The van der Waals surface area contributed by atoms with Gasteiger partial charge in [-0.05, 0) is 25.3 Å². The third kappa shape index (κ3) is 4.09. The first-order chi connectivity index (χ1) is 14.2. The number of fused-ring (bicyclic) bond motifs is 2. The van der Waals surface area contributed by atoms with Crippen molar-refractivity contribution in [2.24, 2.45) is 0 Å². The number of amides is 4. The van der Waals surface area contributed by atoms with Crippen LogP contribution in [0.2, 0.25) is 0 Å². The minimum absolute atomic E-state index is 0.0257. The minimum atomic E-state index is -4.86. The van der Waals surface area contributed by atoms with Crippen molar-refractivity contribution in [1.82, 2.24) is 35.9 Å². The summed E-state index contributed by atoms with van der Waals surface area (Å²) in [4.78, 5) is 38.4. The number of rotatable bonds is 5. The van der Waals surface area contributed by atoms with Gasteiger partial charge in [0.1, 0.15) is 6.04 Å². The van der Waals surface area contributed by atoms with Crippen molar-refractivity contribution < 1.29 is 31.6 Å². The summed E-state index contributed by atoms with van der Waals surface area (Å²) in [5.41, 5.74) is 4.68. The topological polar surface area (TPSA) is 175 Å². The Morgan fingerprint density at radius 2 is 2.00 bits per heavy atom. The van der Waals surface area contributed by atoms with Gasteiger partial charge in [-0.15, -0.1) is 4.28 Å². The molecule has 4 atom stereocenters. The molecule has 4 heterocycles. The molecule has 15 heteroatoms. The number of hydrogen-bond acceptors (Lipinski definition) is 8. The van der Waals surface area contributed by atoms with E-state index < -0.39 is 46.4 Å². The summed E-state index contributed by atoms with van der Waals surface area (Å²) in [6.07, 6.45) is 4.50. The average Bonchev–Trinajstić information content (AvgIpc) is 3.43. The first-order valence-electron chi connectivity index (χ1n) is 9.32. The molecule has 4 amide bonds. The SMILES string of the molecule is O=C(NNC(=O)[C@@H]1CC[C@H]2CN1C(=O)N2OS(=O)(=O)O)[C@@H]1C[C@@H](n2cccn2)CN1. The molecule has 1 aromatic rings. The molecule has 1 aromatic heterocycles. The van der Waals surface area contributed by atoms with E-state index in [1.807, 2.05) is 6.20 Å². The van der Waals surface area contributed by atoms with Crippen molar-refractivity contribution in [3.8, 4) is 0 Å². The van der Waals surface area contributed by atoms with Crippen LogP contribution in [-0.2, 0) is 24.3 Å². The highest BCUT2D eigenvalue weighted by molar-refractivity contribution is 7.80. The third-order valence-corrected chi connectivity index (χ3v) is 5.78. The lowest BCUT2D eigenvalue weighted by Crippen LogP contribution is -2.56. The molecule has 0 aromatic carbocycles. The molecule has 0 unspecified atom stereocenters. The van der Waals surface area contributed by atoms with Gasteiger partial charge in [0, 0.05) is 25.5 Å². The quantitative estimate of drug-likeness (QED) is 0.294. The van der Waals surface area contributed by atoms with Gasteiger partial charge in [0.25, 0.3) is 11.8 Å². The number of urea groups is 1. The van der Waals surface area contributed by atoms with Crippen LogP contribution in [0.3, 0.4) is 0 Å². The Kier molecular flexibility index (Phi) is 5.35. The molecule has 0 saturated carbocycles. The monoisotopic (exact) mass is 443 g/mol. The summed E-state index contributed by atoms with van der Waals surface area (Å²) >= 11 is 0. The molecule has 3 aliphatic heterocycles. The van der Waals surface area contributed by atoms with Gasteiger partial charge in [0.15, 0.2) is 0 Å². The van der Waals surface area contributed by atoms with E-state index >= 15 is 0 Å². The molecule has 4 N–H and O–H groups in total. The molecule has 14 nitrogen and oxygen atoms in total. The van der Waals surface area contributed by atoms with Crippen molar-refractivity contribution in [2.75, 3.05) is 13.1 Å². The van der Waals surface area contributed by atoms with Crippen LogP contribution in [-0.4, -0.2) is 81.8 Å². The fraction of sp³-hybridized carbons (Fsp3) is 0.600. The number of carbonyl (C=O) groups excluding carboxylic acids is 3. The normalized spacial score (nSPS) is 28.6. The summed E-state index contributed by atoms with van der Waals surface area (Å²) in [6.45, 7) is 0.625. The molecule has 0 radical (unpaired) electrons. The Morgan fingerprint density at radius 1 is 1.23 bits per heavy atom. The lowest BCUT2D eigenvalue weighted by molar-refractivity contribution is -0.132. The van der Waals surface area contributed by atoms with Crippen LogP contribution in [0.1, 0.15) is 25.3 Å². The number of hydrazine groups is 1. The molecule has 3 fully saturated rings. The van der Waals surface area contributed by atoms with Crippen LogP contribution in [0.25, 0.3) is 0 Å². The van der Waals surface area contributed by atoms with Crippen molar-refractivity contribution in [2.45, 2.75) is 43.4 Å². The lowest BCUT2D eigenvalue weighted by atomic mass is 10.0. The number of nitrogens with one attached hydrogen (secondary N) is 3. The van der Waals surface area contributed by atoms with E-state index in [-0.39, 0.29) is 19.0 Å². The van der Waals surface area contributed by atoms with E-state index in [1.54, 1.807) is 16.9 Å². The molecule has 164 valence electrons. The molecule has 3 aliphatic rings. The van der Waals surface area contributed by atoms with Crippen molar-refractivity contribution in [3.63, 3.8) is 0 Å². The largest absolute Gasteiger partial charge is 0.418 e. The Labute approximate surface area is 171 Å². The summed E-state index contributed by atoms with van der Waals surface area (Å²) in [7, 11) is -4.86. The van der Waals surface area contributed by atoms with Crippen molar-refractivity contribution in [1.29, 1.82) is 0 Å². The molecule has 3 saturated heterocycles. The van der Waals surface area contributed by atoms with Crippen LogP contribution >= 0.6 is 0 Å². The average molecular weight is 443 g/mol. The zero-order valence-electron chi connectivity index (χ0n) is 15.7. The summed E-state index contributed by atoms with van der Waals surface area (Å²) in [6, 6.07) is -1.04. The summed E-state index contributed by atoms with van der Waals surface area (Å²) in [5, 5.41) is 7.78. The number of carbonyl (C=O) groups is 3. The first-order valence-corrected chi connectivity index (χ1v) is 10.7. The number of hydroxylamine groups is 2. The van der Waals surface area contributed by atoms with E-state index in [9.17, 15) is 22.8 Å². The second-order valence-corrected chi connectivity index (χ2v) is 8.33. The minimum Gasteiger partial charge on any atom is -0.309 e. The van der Waals surface area contributed by atoms with E-state index in [2.05, 4.69) is 25.6 Å². The fourth-order valence-corrected chi connectivity index (χ4v) is 4.40. The molecular formula is C15H21N7O7S. The maximum atomic E-state index is 12.5. The second-order valence-electron chi connectivity index (χ2n) is 7.32. The summed E-state index contributed by atoms with van der Waals surface area (Å²) in [5.74, 6) is -1.03. The van der Waals surface area contributed by atoms with Gasteiger partial charge < -0.3 is 10.2 Å². The fourth-order valence-electron chi connectivity index (χ4n) is 4.01. The molecule has 30 heavy (non-hydrogen) atoms. The van der Waals surface area contributed by atoms with Crippen LogP contribution in [0.4, 0.5) is 4.79 Å². The maximum absolute atomic E-state index is 12.5. The van der Waals surface area contributed by atoms with Gasteiger partial charge in [-0.3, -0.25) is 29.7 Å². The Bertz CT molecular complexity index is 937. The van der Waals surface area contributed by atoms with E-state index in [0.717, 1.165) is 4.90 Å². The smallest absolute Gasteiger partial charge is 0.309 e. The Balaban J connectivity index is 1.29. The van der Waals surface area contributed by atoms with Gasteiger partial charge >= 0.3 is 16.4 Å². The number of hydrogen-bond donors (Lipinski definition) is 4. The van der Waals surface area contributed by atoms with Gasteiger partial charge in [0.2, 0.25) is 0 Å². The zero-order valence-corrected chi connectivity index (χ0v) is 16.5. The number of piperidine rings is 1. The third-order valence-electron chi connectivity index (χ3n) is 5.43. The highest BCUT2D eigenvalue weighted by atomic mass is 32.3. The molecule has 2 bridgehead atoms. The van der Waals surface area contributed by atoms with Crippen molar-refractivity contribution >= 4 is 28.2 Å². The van der Waals surface area contributed by atoms with E-state index in [4.69, 9.17) is 4.55 Å². The van der Waals surface area contributed by atoms with Crippen LogP contribution in [0, 0.1) is 0 Å². The highest BCUT2D eigenvalue weighted by Gasteiger charge is 2.49. The van der Waals surface area contributed by atoms with E-state index in [1.165, 1.54) is 0 Å². The summed E-state index contributed by atoms with van der Waals surface area (Å²) < 4.78 is 36.7. The second kappa shape index (κ2) is 7.82. The predicted octanol–water partition coefficient (Wildman–Crippen LogP) is -2.06. The van der Waals surface area contributed by atoms with Gasteiger partial charge in [-0.1, -0.05) is 0 Å². The molecule has 4 rings (SSSR count). The Morgan fingerprint density at radius 3 is 2.70 bits per heavy atom. The van der Waals surface area contributed by atoms with Crippen LogP contribution < -0.4 is 16.2 Å². The molecule has 0 aliphatic carbocycles. The van der Waals surface area contributed by atoms with Gasteiger partial charge in [-0.25, -0.2) is 4.79 Å². The van der Waals surface area contributed by atoms with Crippen molar-refractivity contribution in [3.05, 3.63) is 18.5 Å². The standard InChI is InChI=1S/C15H21N7O7S/c23-13(11-6-10(7-16-11)21-5-1-4-17-21)18-19-14(24)12-3-2-9-8-20(12)15(25)22(9)29-30(26,27)28/h1,4-5,9-12,16H,2-3,6-8H2,(H,18,23)(H,19,24)(H,26,27,28)/t9-,10+,11-,12-/m0/s1. The Hall–Kier alpha value is -2.75. The van der Waals surface area contributed by atoms with Gasteiger partial charge in [0.05, 0.1) is 18.1 Å². The predicted molar refractivity (Wildman–Crippen MR) is 97.3 cm³/mol. The number of nitrogens with zero attached hydrogens (tertiary/aromatic N) is 4. The van der Waals surface area contributed by atoms with Crippen LogP contribution in [0.5, 0.6) is 0 Å². The van der Waals surface area contributed by atoms with Crippen LogP contribution in [0.15, 0.2) is 18.5 Å². The van der Waals surface area contributed by atoms with E-state index in [0.29, 0.717) is 24.4 Å². The zero-order chi connectivity index (χ0) is 21.5.